The third-order valence-corrected chi connectivity index (χ3v) is 5.60. The van der Waals surface area contributed by atoms with E-state index >= 15 is 0 Å². The second-order valence-electron chi connectivity index (χ2n) is 7.19. The Hall–Kier alpha value is -1.79. The molecule has 6 heteroatoms. The number of benzene rings is 1. The number of carbonyl (C=O) groups is 1. The Labute approximate surface area is 149 Å². The highest BCUT2D eigenvalue weighted by atomic mass is 16.6. The Morgan fingerprint density at radius 1 is 1.00 bits per heavy atom. The van der Waals surface area contributed by atoms with Crippen LogP contribution in [0.25, 0.3) is 0 Å². The number of ether oxygens (including phenoxy) is 2. The summed E-state index contributed by atoms with van der Waals surface area (Å²) < 4.78 is 11.3. The van der Waals surface area contributed by atoms with Crippen molar-refractivity contribution in [3.8, 4) is 11.5 Å². The average Bonchev–Trinajstić information content (AvgIpc) is 2.68. The number of piperazine rings is 1. The van der Waals surface area contributed by atoms with Crippen LogP contribution >= 0.6 is 0 Å². The van der Waals surface area contributed by atoms with Gasteiger partial charge >= 0.3 is 0 Å². The van der Waals surface area contributed by atoms with E-state index in [1.54, 1.807) is 0 Å². The summed E-state index contributed by atoms with van der Waals surface area (Å²) in [5.74, 6) is 1.36. The van der Waals surface area contributed by atoms with Gasteiger partial charge in [-0.1, -0.05) is 6.07 Å². The summed E-state index contributed by atoms with van der Waals surface area (Å²) in [4.78, 5) is 19.9. The van der Waals surface area contributed by atoms with E-state index in [0.29, 0.717) is 36.3 Å². The number of fused-ring (bicyclic) bond motifs is 1. The van der Waals surface area contributed by atoms with Gasteiger partial charge in [-0.2, -0.15) is 0 Å². The molecule has 0 bridgehead atoms. The Morgan fingerprint density at radius 2 is 1.72 bits per heavy atom. The minimum atomic E-state index is 0.0687. The van der Waals surface area contributed by atoms with Crippen LogP contribution in [0.2, 0.25) is 0 Å². The number of rotatable bonds is 2. The van der Waals surface area contributed by atoms with Crippen molar-refractivity contribution in [2.24, 2.45) is 0 Å². The van der Waals surface area contributed by atoms with Gasteiger partial charge in [0.25, 0.3) is 5.91 Å². The highest BCUT2D eigenvalue weighted by molar-refractivity contribution is 5.98. The van der Waals surface area contributed by atoms with Crippen LogP contribution in [-0.2, 0) is 0 Å². The van der Waals surface area contributed by atoms with E-state index in [9.17, 15) is 4.79 Å². The largest absolute Gasteiger partial charge is 0.486 e. The molecule has 0 unspecified atom stereocenters. The Balaban J connectivity index is 1.39. The lowest BCUT2D eigenvalue weighted by Gasteiger charge is -2.42. The summed E-state index contributed by atoms with van der Waals surface area (Å²) in [7, 11) is 2.19. The highest BCUT2D eigenvalue weighted by Gasteiger charge is 2.30. The molecule has 0 saturated carbocycles. The van der Waals surface area contributed by atoms with Gasteiger partial charge in [0.15, 0.2) is 11.5 Å². The molecule has 1 amide bonds. The lowest BCUT2D eigenvalue weighted by molar-refractivity contribution is 0.0513. The smallest absolute Gasteiger partial charge is 0.257 e. The predicted octanol–water partition coefficient (Wildman–Crippen LogP) is 1.31. The Morgan fingerprint density at radius 3 is 2.48 bits per heavy atom. The molecule has 3 aliphatic rings. The standard InChI is InChI=1S/C19H27N3O3/c1-20-9-11-21(12-10-20)15-5-7-22(8-6-15)19(23)16-3-2-4-17-18(16)25-14-13-24-17/h2-4,15H,5-14H2,1H3. The molecule has 25 heavy (non-hydrogen) atoms. The van der Waals surface area contributed by atoms with Gasteiger partial charge in [0.05, 0.1) is 5.56 Å². The van der Waals surface area contributed by atoms with Crippen LogP contribution in [0, 0.1) is 0 Å². The number of piperidine rings is 1. The molecule has 3 heterocycles. The molecule has 0 aliphatic carbocycles. The molecule has 1 aromatic carbocycles. The Bertz CT molecular complexity index is 620. The summed E-state index contributed by atoms with van der Waals surface area (Å²) in [6.45, 7) is 7.27. The molecule has 1 aromatic rings. The normalized spacial score (nSPS) is 22.8. The zero-order chi connectivity index (χ0) is 17.2. The molecule has 0 atom stereocenters. The third kappa shape index (κ3) is 3.46. The molecule has 0 radical (unpaired) electrons. The van der Waals surface area contributed by atoms with Gasteiger partial charge in [-0.05, 0) is 32.0 Å². The van der Waals surface area contributed by atoms with Crippen LogP contribution in [0.1, 0.15) is 23.2 Å². The molecule has 0 spiro atoms. The van der Waals surface area contributed by atoms with Crippen molar-refractivity contribution in [2.45, 2.75) is 18.9 Å². The van der Waals surface area contributed by atoms with Crippen molar-refractivity contribution in [1.29, 1.82) is 0 Å². The Kier molecular flexibility index (Phi) is 4.81. The first-order chi connectivity index (χ1) is 12.2. The minimum Gasteiger partial charge on any atom is -0.486 e. The zero-order valence-electron chi connectivity index (χ0n) is 14.9. The first-order valence-electron chi connectivity index (χ1n) is 9.33. The van der Waals surface area contributed by atoms with Crippen molar-refractivity contribution >= 4 is 5.91 Å². The molecule has 0 N–H and O–H groups in total. The SMILES string of the molecule is CN1CCN(C2CCN(C(=O)c3cccc4c3OCCO4)CC2)CC1. The molecule has 4 rings (SSSR count). The average molecular weight is 345 g/mol. The van der Waals surface area contributed by atoms with Crippen LogP contribution in [-0.4, -0.2) is 86.2 Å². The van der Waals surface area contributed by atoms with Crippen LogP contribution in [0.15, 0.2) is 18.2 Å². The van der Waals surface area contributed by atoms with E-state index in [0.717, 1.165) is 52.1 Å². The highest BCUT2D eigenvalue weighted by Crippen LogP contribution is 2.34. The van der Waals surface area contributed by atoms with E-state index < -0.39 is 0 Å². The van der Waals surface area contributed by atoms with Crippen molar-refractivity contribution < 1.29 is 14.3 Å². The van der Waals surface area contributed by atoms with Crippen LogP contribution in [0.3, 0.4) is 0 Å². The lowest BCUT2D eigenvalue weighted by atomic mass is 10.0. The number of nitrogens with zero attached hydrogens (tertiary/aromatic N) is 3. The molecule has 2 saturated heterocycles. The monoisotopic (exact) mass is 345 g/mol. The van der Waals surface area contributed by atoms with Crippen molar-refractivity contribution in [3.05, 3.63) is 23.8 Å². The topological polar surface area (TPSA) is 45.2 Å². The van der Waals surface area contributed by atoms with Gasteiger partial charge in [-0.15, -0.1) is 0 Å². The molecule has 6 nitrogen and oxygen atoms in total. The number of para-hydroxylation sites is 1. The fourth-order valence-electron chi connectivity index (χ4n) is 4.03. The maximum atomic E-state index is 13.0. The molecule has 2 fully saturated rings. The van der Waals surface area contributed by atoms with Gasteiger partial charge in [-0.25, -0.2) is 0 Å². The summed E-state index contributed by atoms with van der Waals surface area (Å²) in [5.41, 5.74) is 0.634. The third-order valence-electron chi connectivity index (χ3n) is 5.60. The van der Waals surface area contributed by atoms with E-state index in [1.165, 1.54) is 0 Å². The van der Waals surface area contributed by atoms with Gasteiger partial charge in [0.1, 0.15) is 13.2 Å². The van der Waals surface area contributed by atoms with Gasteiger partial charge in [0, 0.05) is 45.3 Å². The maximum Gasteiger partial charge on any atom is 0.257 e. The van der Waals surface area contributed by atoms with Crippen molar-refractivity contribution in [2.75, 3.05) is 59.5 Å². The quantitative estimate of drug-likeness (QED) is 0.809. The zero-order valence-corrected chi connectivity index (χ0v) is 14.9. The fourth-order valence-corrected chi connectivity index (χ4v) is 4.03. The van der Waals surface area contributed by atoms with Crippen molar-refractivity contribution in [1.82, 2.24) is 14.7 Å². The summed E-state index contributed by atoms with van der Waals surface area (Å²) in [6, 6.07) is 6.20. The summed E-state index contributed by atoms with van der Waals surface area (Å²) in [5, 5.41) is 0. The molecular formula is C19H27N3O3. The fraction of sp³-hybridized carbons (Fsp3) is 0.632. The van der Waals surface area contributed by atoms with E-state index in [-0.39, 0.29) is 5.91 Å². The van der Waals surface area contributed by atoms with Gasteiger partial charge in [0.2, 0.25) is 0 Å². The minimum absolute atomic E-state index is 0.0687. The summed E-state index contributed by atoms with van der Waals surface area (Å²) in [6.07, 6.45) is 2.11. The second-order valence-corrected chi connectivity index (χ2v) is 7.19. The number of likely N-dealkylation sites (N-methyl/N-ethyl adjacent to an activating group) is 1. The summed E-state index contributed by atoms with van der Waals surface area (Å²) >= 11 is 0. The van der Waals surface area contributed by atoms with E-state index in [4.69, 9.17) is 9.47 Å². The number of hydrogen-bond donors (Lipinski definition) is 0. The number of hydrogen-bond acceptors (Lipinski definition) is 5. The number of amides is 1. The number of carbonyl (C=O) groups excluding carboxylic acids is 1. The van der Waals surface area contributed by atoms with Crippen LogP contribution < -0.4 is 9.47 Å². The molecule has 136 valence electrons. The van der Waals surface area contributed by atoms with Gasteiger partial charge in [-0.3, -0.25) is 9.69 Å². The predicted molar refractivity (Wildman–Crippen MR) is 95.4 cm³/mol. The van der Waals surface area contributed by atoms with Crippen molar-refractivity contribution in [3.63, 3.8) is 0 Å². The van der Waals surface area contributed by atoms with E-state index in [2.05, 4.69) is 16.8 Å². The molecular weight excluding hydrogens is 318 g/mol. The van der Waals surface area contributed by atoms with Crippen LogP contribution in [0.4, 0.5) is 0 Å². The first kappa shape index (κ1) is 16.7. The van der Waals surface area contributed by atoms with Crippen LogP contribution in [0.5, 0.6) is 11.5 Å². The number of likely N-dealkylation sites (tertiary alicyclic amines) is 1. The maximum absolute atomic E-state index is 13.0. The van der Waals surface area contributed by atoms with Gasteiger partial charge < -0.3 is 19.3 Å². The second kappa shape index (κ2) is 7.22. The lowest BCUT2D eigenvalue weighted by Crippen LogP contribution is -2.53. The first-order valence-corrected chi connectivity index (χ1v) is 9.33. The molecule has 3 aliphatic heterocycles. The van der Waals surface area contributed by atoms with E-state index in [1.807, 2.05) is 23.1 Å². The molecule has 0 aromatic heterocycles.